The van der Waals surface area contributed by atoms with Crippen molar-refractivity contribution < 1.29 is 23.8 Å². The molecule has 0 bridgehead atoms. The number of fused-ring (bicyclic) bond motifs is 1. The van der Waals surface area contributed by atoms with Crippen LogP contribution in [0, 0.1) is 5.92 Å². The Morgan fingerprint density at radius 1 is 0.909 bits per heavy atom. The van der Waals surface area contributed by atoms with E-state index in [-0.39, 0.29) is 24.5 Å². The van der Waals surface area contributed by atoms with Crippen LogP contribution in [0.4, 0.5) is 11.4 Å². The van der Waals surface area contributed by atoms with Crippen LogP contribution in [0.15, 0.2) is 60.7 Å². The fourth-order valence-electron chi connectivity index (χ4n) is 6.31. The van der Waals surface area contributed by atoms with E-state index >= 15 is 0 Å². The highest BCUT2D eigenvalue weighted by Crippen LogP contribution is 2.35. The average molecular weight is 599 g/mol. The molecule has 44 heavy (non-hydrogen) atoms. The zero-order valence-corrected chi connectivity index (χ0v) is 25.3. The Kier molecular flexibility index (Phi) is 9.63. The molecule has 3 aromatic rings. The van der Waals surface area contributed by atoms with E-state index in [1.165, 1.54) is 6.42 Å². The Labute approximate surface area is 259 Å². The lowest BCUT2D eigenvalue weighted by Gasteiger charge is -2.31. The maximum Gasteiger partial charge on any atom is 0.254 e. The normalized spacial score (nSPS) is 16.5. The first-order valence-electron chi connectivity index (χ1n) is 15.8. The van der Waals surface area contributed by atoms with Gasteiger partial charge in [-0.05, 0) is 78.9 Å². The van der Waals surface area contributed by atoms with Crippen LogP contribution < -0.4 is 25.4 Å². The van der Waals surface area contributed by atoms with Gasteiger partial charge in [0.25, 0.3) is 5.91 Å². The molecule has 2 aliphatic heterocycles. The van der Waals surface area contributed by atoms with E-state index in [0.717, 1.165) is 66.8 Å². The second kappa shape index (κ2) is 14.1. The second-order valence-corrected chi connectivity index (χ2v) is 11.8. The molecule has 1 saturated heterocycles. The van der Waals surface area contributed by atoms with Crippen molar-refractivity contribution >= 4 is 23.2 Å². The third kappa shape index (κ3) is 7.00. The quantitative estimate of drug-likeness (QED) is 0.321. The molecule has 0 spiro atoms. The number of hydrogen-bond acceptors (Lipinski definition) is 7. The van der Waals surface area contributed by atoms with Gasteiger partial charge in [-0.1, -0.05) is 43.5 Å². The largest absolute Gasteiger partial charge is 0.454 e. The molecule has 3 aliphatic rings. The number of ether oxygens (including phenoxy) is 3. The summed E-state index contributed by atoms with van der Waals surface area (Å²) in [6, 6.07) is 19.9. The van der Waals surface area contributed by atoms with Crippen LogP contribution in [0.3, 0.4) is 0 Å². The van der Waals surface area contributed by atoms with Gasteiger partial charge in [0.15, 0.2) is 11.5 Å². The number of nitrogens with two attached hydrogens (primary N) is 1. The lowest BCUT2D eigenvalue weighted by atomic mass is 9.88. The highest BCUT2D eigenvalue weighted by atomic mass is 16.7. The molecule has 3 N–H and O–H groups in total. The Hall–Kier alpha value is -4.08. The number of hydrogen-bond donors (Lipinski definition) is 2. The SMILES string of the molecule is NCCCN(Cc1cccc(-c2ccc(N3CCOCC3)c(NC(=O)C3CCCCC3)c2)c1)C(=O)c1ccc2c(c1)OCO2. The number of nitrogens with one attached hydrogen (secondary N) is 1. The molecular weight excluding hydrogens is 556 g/mol. The number of amides is 2. The third-order valence-corrected chi connectivity index (χ3v) is 8.75. The van der Waals surface area contributed by atoms with Crippen molar-refractivity contribution in [1.82, 2.24) is 4.90 Å². The number of carbonyl (C=O) groups excluding carboxylic acids is 2. The molecule has 6 rings (SSSR count). The highest BCUT2D eigenvalue weighted by Gasteiger charge is 2.24. The van der Waals surface area contributed by atoms with Crippen LogP contribution >= 0.6 is 0 Å². The number of rotatable bonds is 10. The number of morpholine rings is 1. The summed E-state index contributed by atoms with van der Waals surface area (Å²) in [4.78, 5) is 31.1. The molecule has 0 radical (unpaired) electrons. The minimum absolute atomic E-state index is 0.0649. The summed E-state index contributed by atoms with van der Waals surface area (Å²) in [5.74, 6) is 1.34. The minimum Gasteiger partial charge on any atom is -0.454 e. The van der Waals surface area contributed by atoms with Crippen LogP contribution in [0.5, 0.6) is 11.5 Å². The molecule has 0 atom stereocenters. The molecule has 9 nitrogen and oxygen atoms in total. The number of anilines is 2. The van der Waals surface area contributed by atoms with Crippen molar-refractivity contribution in [2.45, 2.75) is 45.1 Å². The summed E-state index contributed by atoms with van der Waals surface area (Å²) < 4.78 is 16.5. The summed E-state index contributed by atoms with van der Waals surface area (Å²) in [5.41, 5.74) is 11.3. The predicted octanol–water partition coefficient (Wildman–Crippen LogP) is 5.43. The highest BCUT2D eigenvalue weighted by molar-refractivity contribution is 5.97. The molecule has 2 fully saturated rings. The lowest BCUT2D eigenvalue weighted by Crippen LogP contribution is -2.37. The molecule has 3 aromatic carbocycles. The molecule has 2 heterocycles. The summed E-state index contributed by atoms with van der Waals surface area (Å²) in [6.07, 6.45) is 6.03. The van der Waals surface area contributed by atoms with Crippen molar-refractivity contribution in [2.24, 2.45) is 11.7 Å². The number of nitrogens with zero attached hydrogens (tertiary/aromatic N) is 2. The van der Waals surface area contributed by atoms with Crippen LogP contribution in [0.2, 0.25) is 0 Å². The fraction of sp³-hybridized carbons (Fsp3) is 0.429. The summed E-state index contributed by atoms with van der Waals surface area (Å²) in [7, 11) is 0. The van der Waals surface area contributed by atoms with Crippen LogP contribution in [0.25, 0.3) is 11.1 Å². The Balaban J connectivity index is 1.25. The van der Waals surface area contributed by atoms with E-state index in [4.69, 9.17) is 19.9 Å². The van der Waals surface area contributed by atoms with Crippen LogP contribution in [-0.4, -0.2) is 62.9 Å². The lowest BCUT2D eigenvalue weighted by molar-refractivity contribution is -0.120. The fourth-order valence-corrected chi connectivity index (χ4v) is 6.31. The Bertz CT molecular complexity index is 1470. The zero-order chi connectivity index (χ0) is 30.3. The van der Waals surface area contributed by atoms with Gasteiger partial charge in [-0.2, -0.15) is 0 Å². The second-order valence-electron chi connectivity index (χ2n) is 11.8. The number of carbonyl (C=O) groups is 2. The molecule has 9 heteroatoms. The van der Waals surface area contributed by atoms with E-state index in [0.29, 0.717) is 56.3 Å². The van der Waals surface area contributed by atoms with E-state index in [1.807, 2.05) is 17.0 Å². The third-order valence-electron chi connectivity index (χ3n) is 8.75. The van der Waals surface area contributed by atoms with E-state index in [1.54, 1.807) is 18.2 Å². The van der Waals surface area contributed by atoms with E-state index in [2.05, 4.69) is 40.5 Å². The molecular formula is C35H42N4O5. The minimum atomic E-state index is -0.0790. The van der Waals surface area contributed by atoms with Crippen LogP contribution in [-0.2, 0) is 16.1 Å². The first-order chi connectivity index (χ1) is 21.6. The van der Waals surface area contributed by atoms with Gasteiger partial charge in [0, 0.05) is 37.7 Å². The van der Waals surface area contributed by atoms with Gasteiger partial charge in [-0.15, -0.1) is 0 Å². The smallest absolute Gasteiger partial charge is 0.254 e. The van der Waals surface area contributed by atoms with Gasteiger partial charge in [0.05, 0.1) is 24.6 Å². The standard InChI is InChI=1S/C35H42N4O5/c36-14-5-15-39(35(41)29-11-13-32-33(22-29)44-24-43-32)23-25-6-4-9-27(20-25)28-10-12-31(38-16-18-42-19-17-38)30(21-28)37-34(40)26-7-2-1-3-8-26/h4,6,9-13,20-22,26H,1-3,5,7-8,14-19,23-24,36H2,(H,37,40). The van der Waals surface area contributed by atoms with Gasteiger partial charge in [-0.25, -0.2) is 0 Å². The van der Waals surface area contributed by atoms with Gasteiger partial charge in [-0.3, -0.25) is 9.59 Å². The van der Waals surface area contributed by atoms with Crippen molar-refractivity contribution in [2.75, 3.05) is 56.4 Å². The summed E-state index contributed by atoms with van der Waals surface area (Å²) in [6.45, 7) is 4.56. The van der Waals surface area contributed by atoms with E-state index in [9.17, 15) is 9.59 Å². The molecule has 1 saturated carbocycles. The monoisotopic (exact) mass is 598 g/mol. The average Bonchev–Trinajstić information content (AvgIpc) is 3.55. The summed E-state index contributed by atoms with van der Waals surface area (Å²) >= 11 is 0. The van der Waals surface area contributed by atoms with Crippen molar-refractivity contribution in [3.8, 4) is 22.6 Å². The van der Waals surface area contributed by atoms with Crippen molar-refractivity contribution in [3.63, 3.8) is 0 Å². The van der Waals surface area contributed by atoms with Crippen molar-refractivity contribution in [1.29, 1.82) is 0 Å². The van der Waals surface area contributed by atoms with Gasteiger partial charge in [0.1, 0.15) is 0 Å². The molecule has 2 amide bonds. The van der Waals surface area contributed by atoms with E-state index < -0.39 is 0 Å². The summed E-state index contributed by atoms with van der Waals surface area (Å²) in [5, 5.41) is 3.30. The van der Waals surface area contributed by atoms with Gasteiger partial charge in [0.2, 0.25) is 12.7 Å². The molecule has 1 aliphatic carbocycles. The van der Waals surface area contributed by atoms with Crippen LogP contribution in [0.1, 0.15) is 54.4 Å². The van der Waals surface area contributed by atoms with Crippen molar-refractivity contribution in [3.05, 3.63) is 71.8 Å². The topological polar surface area (TPSA) is 106 Å². The Morgan fingerprint density at radius 2 is 1.70 bits per heavy atom. The molecule has 232 valence electrons. The van der Waals surface area contributed by atoms with Gasteiger partial charge >= 0.3 is 0 Å². The maximum absolute atomic E-state index is 13.6. The zero-order valence-electron chi connectivity index (χ0n) is 25.3. The first-order valence-corrected chi connectivity index (χ1v) is 15.8. The predicted molar refractivity (Wildman–Crippen MR) is 171 cm³/mol. The molecule has 0 unspecified atom stereocenters. The number of benzene rings is 3. The Morgan fingerprint density at radius 3 is 2.52 bits per heavy atom. The first kappa shape index (κ1) is 30.0. The maximum atomic E-state index is 13.6. The van der Waals surface area contributed by atoms with Gasteiger partial charge < -0.3 is 35.1 Å². The molecule has 0 aromatic heterocycles.